The van der Waals surface area contributed by atoms with Gasteiger partial charge in [0.1, 0.15) is 0 Å². The van der Waals surface area contributed by atoms with Crippen LogP contribution in [0.3, 0.4) is 0 Å². The van der Waals surface area contributed by atoms with Gasteiger partial charge in [-0.15, -0.1) is 0 Å². The van der Waals surface area contributed by atoms with E-state index in [2.05, 4.69) is 23.8 Å². The first-order chi connectivity index (χ1) is 13.1. The second-order valence-electron chi connectivity index (χ2n) is 8.42. The Hall–Kier alpha value is -1.26. The van der Waals surface area contributed by atoms with Gasteiger partial charge in [-0.1, -0.05) is 43.3 Å². The topological polar surface area (TPSA) is 58.2 Å². The number of hydrogen-bond donors (Lipinski definition) is 2. The van der Waals surface area contributed by atoms with Gasteiger partial charge in [-0.3, -0.25) is 9.59 Å². The lowest BCUT2D eigenvalue weighted by Crippen LogP contribution is -2.43. The van der Waals surface area contributed by atoms with Crippen molar-refractivity contribution in [3.63, 3.8) is 0 Å². The van der Waals surface area contributed by atoms with Gasteiger partial charge < -0.3 is 10.6 Å². The Kier molecular flexibility index (Phi) is 8.20. The molecule has 2 fully saturated rings. The van der Waals surface area contributed by atoms with Gasteiger partial charge in [0, 0.05) is 23.6 Å². The van der Waals surface area contributed by atoms with Crippen LogP contribution in [-0.2, 0) is 9.59 Å². The van der Waals surface area contributed by atoms with Crippen molar-refractivity contribution < 1.29 is 9.59 Å². The first-order valence-corrected chi connectivity index (χ1v) is 10.8. The molecule has 0 aromatic heterocycles. The van der Waals surface area contributed by atoms with Crippen LogP contribution < -0.4 is 10.6 Å². The van der Waals surface area contributed by atoms with Crippen molar-refractivity contribution in [1.82, 2.24) is 10.6 Å². The summed E-state index contributed by atoms with van der Waals surface area (Å²) in [5.41, 5.74) is 1.39. The van der Waals surface area contributed by atoms with Crippen LogP contribution in [-0.4, -0.2) is 17.9 Å². The second-order valence-corrected chi connectivity index (χ2v) is 9.37. The molecule has 0 aromatic carbocycles. The highest BCUT2D eigenvalue weighted by molar-refractivity contribution is 6.40. The number of halogens is 2. The van der Waals surface area contributed by atoms with Crippen LogP contribution >= 0.6 is 23.2 Å². The van der Waals surface area contributed by atoms with E-state index in [1.807, 2.05) is 6.92 Å². The second kappa shape index (κ2) is 9.98. The SMILES string of the molecule is C=C(CCC[C@@H](C)C(=O)N[C@@H](C(=C)/C(Cl)=C(\C)Cl)C1C[C@@H]2C[C@@H]2C1)NC(C)=O. The molecule has 0 bridgehead atoms. The average molecular weight is 427 g/mol. The van der Waals surface area contributed by atoms with E-state index < -0.39 is 0 Å². The van der Waals surface area contributed by atoms with Gasteiger partial charge >= 0.3 is 0 Å². The first-order valence-electron chi connectivity index (χ1n) is 10.1. The summed E-state index contributed by atoms with van der Waals surface area (Å²) in [5, 5.41) is 6.83. The van der Waals surface area contributed by atoms with E-state index in [1.54, 1.807) is 6.92 Å². The van der Waals surface area contributed by atoms with E-state index in [0.717, 1.165) is 37.5 Å². The van der Waals surface area contributed by atoms with E-state index >= 15 is 0 Å². The van der Waals surface area contributed by atoms with Crippen molar-refractivity contribution in [1.29, 1.82) is 0 Å². The summed E-state index contributed by atoms with van der Waals surface area (Å²) >= 11 is 12.4. The predicted octanol–water partition coefficient (Wildman–Crippen LogP) is 5.24. The molecule has 0 aliphatic heterocycles. The Morgan fingerprint density at radius 1 is 1.11 bits per heavy atom. The third-order valence-corrected chi connectivity index (χ3v) is 6.74. The summed E-state index contributed by atoms with van der Waals surface area (Å²) in [6.07, 6.45) is 5.72. The molecule has 2 amide bonds. The van der Waals surface area contributed by atoms with Crippen LogP contribution in [0.25, 0.3) is 0 Å². The zero-order chi connectivity index (χ0) is 21.0. The van der Waals surface area contributed by atoms with E-state index in [9.17, 15) is 9.59 Å². The lowest BCUT2D eigenvalue weighted by atomic mass is 9.88. The van der Waals surface area contributed by atoms with E-state index in [4.69, 9.17) is 23.2 Å². The fourth-order valence-corrected chi connectivity index (χ4v) is 4.48. The number of amides is 2. The van der Waals surface area contributed by atoms with E-state index in [-0.39, 0.29) is 23.8 Å². The maximum absolute atomic E-state index is 12.8. The molecule has 1 unspecified atom stereocenters. The Bertz CT molecular complexity index is 672. The van der Waals surface area contributed by atoms with Crippen LogP contribution in [0.4, 0.5) is 0 Å². The van der Waals surface area contributed by atoms with Gasteiger partial charge in [0.25, 0.3) is 0 Å². The molecule has 2 N–H and O–H groups in total. The first kappa shape index (κ1) is 23.0. The number of nitrogens with one attached hydrogen (secondary N) is 2. The Labute approximate surface area is 178 Å². The lowest BCUT2D eigenvalue weighted by molar-refractivity contribution is -0.125. The Balaban J connectivity index is 1.92. The van der Waals surface area contributed by atoms with Crippen molar-refractivity contribution in [2.45, 2.75) is 65.3 Å². The van der Waals surface area contributed by atoms with Gasteiger partial charge in [-0.05, 0) is 68.8 Å². The fraction of sp³-hybridized carbons (Fsp3) is 0.636. The van der Waals surface area contributed by atoms with Crippen LogP contribution in [0.15, 0.2) is 34.5 Å². The summed E-state index contributed by atoms with van der Waals surface area (Å²) < 4.78 is 0. The number of carbonyl (C=O) groups is 2. The summed E-state index contributed by atoms with van der Waals surface area (Å²) in [5.74, 6) is 1.72. The minimum absolute atomic E-state index is 0.00792. The highest BCUT2D eigenvalue weighted by atomic mass is 35.5. The van der Waals surface area contributed by atoms with Gasteiger partial charge in [0.05, 0.1) is 11.1 Å². The minimum Gasteiger partial charge on any atom is -0.349 e. The van der Waals surface area contributed by atoms with Gasteiger partial charge in [-0.2, -0.15) is 0 Å². The summed E-state index contributed by atoms with van der Waals surface area (Å²) in [4.78, 5) is 23.8. The van der Waals surface area contributed by atoms with Crippen molar-refractivity contribution >= 4 is 35.0 Å². The summed E-state index contributed by atoms with van der Waals surface area (Å²) in [7, 11) is 0. The molecule has 2 aliphatic rings. The van der Waals surface area contributed by atoms with Gasteiger partial charge in [-0.25, -0.2) is 0 Å². The van der Waals surface area contributed by atoms with Crippen LogP contribution in [0, 0.1) is 23.7 Å². The molecule has 0 aromatic rings. The molecule has 28 heavy (non-hydrogen) atoms. The van der Waals surface area contributed by atoms with Crippen LogP contribution in [0.5, 0.6) is 0 Å². The molecule has 0 spiro atoms. The van der Waals surface area contributed by atoms with E-state index in [1.165, 1.54) is 13.3 Å². The Morgan fingerprint density at radius 2 is 1.71 bits per heavy atom. The van der Waals surface area contributed by atoms with Gasteiger partial charge in [0.2, 0.25) is 11.8 Å². The number of rotatable bonds is 10. The molecule has 6 heteroatoms. The largest absolute Gasteiger partial charge is 0.349 e. The van der Waals surface area contributed by atoms with Crippen LogP contribution in [0.1, 0.15) is 59.3 Å². The van der Waals surface area contributed by atoms with Gasteiger partial charge in [0.15, 0.2) is 0 Å². The standard InChI is InChI=1S/C22H32Cl2N2O2/c1-12(7-6-8-13(2)25-16(5)27)22(28)26-21(14(3)20(24)15(4)23)19-10-17-9-18(17)11-19/h12,17-19,21H,2-3,6-11H2,1,4-5H3,(H,25,27)(H,26,28)/b20-15-/t12-,17-,18+,19?,21+/m1/s1. The molecule has 0 radical (unpaired) electrons. The lowest BCUT2D eigenvalue weighted by Gasteiger charge is -2.29. The number of hydrogen-bond acceptors (Lipinski definition) is 2. The molecule has 2 saturated carbocycles. The Morgan fingerprint density at radius 3 is 2.25 bits per heavy atom. The quantitative estimate of drug-likeness (QED) is 0.469. The predicted molar refractivity (Wildman–Crippen MR) is 116 cm³/mol. The summed E-state index contributed by atoms with van der Waals surface area (Å²) in [6, 6.07) is -0.168. The normalized spacial score (nSPS) is 25.8. The highest BCUT2D eigenvalue weighted by Gasteiger charge is 2.48. The maximum Gasteiger partial charge on any atom is 0.223 e. The molecule has 156 valence electrons. The van der Waals surface area contributed by atoms with Crippen molar-refractivity contribution in [2.24, 2.45) is 23.7 Å². The number of carbonyl (C=O) groups excluding carboxylic acids is 2. The zero-order valence-electron chi connectivity index (χ0n) is 17.1. The molecule has 2 rings (SSSR count). The third-order valence-electron chi connectivity index (χ3n) is 5.93. The smallest absolute Gasteiger partial charge is 0.223 e. The molecule has 4 nitrogen and oxygen atoms in total. The minimum atomic E-state index is -0.168. The van der Waals surface area contributed by atoms with Crippen LogP contribution in [0.2, 0.25) is 0 Å². The average Bonchev–Trinajstić information content (AvgIpc) is 3.22. The zero-order valence-corrected chi connectivity index (χ0v) is 18.6. The van der Waals surface area contributed by atoms with E-state index in [0.29, 0.717) is 33.7 Å². The highest BCUT2D eigenvalue weighted by Crippen LogP contribution is 2.56. The third kappa shape index (κ3) is 6.38. The fourth-order valence-electron chi connectivity index (χ4n) is 4.24. The maximum atomic E-state index is 12.8. The van der Waals surface area contributed by atoms with Crippen molar-refractivity contribution in [3.8, 4) is 0 Å². The molecule has 0 saturated heterocycles. The molecule has 5 atom stereocenters. The molecular formula is C22H32Cl2N2O2. The monoisotopic (exact) mass is 426 g/mol. The molecular weight excluding hydrogens is 395 g/mol. The number of allylic oxidation sites excluding steroid dienone is 2. The molecule has 2 aliphatic carbocycles. The summed E-state index contributed by atoms with van der Waals surface area (Å²) in [6.45, 7) is 13.1. The molecule has 0 heterocycles. The van der Waals surface area contributed by atoms with Crippen molar-refractivity contribution in [3.05, 3.63) is 34.5 Å². The number of fused-ring (bicyclic) bond motifs is 1. The van der Waals surface area contributed by atoms with Crippen molar-refractivity contribution in [2.75, 3.05) is 0 Å².